The van der Waals surface area contributed by atoms with E-state index in [1.165, 1.54) is 6.92 Å². The number of hydrogen-bond donors (Lipinski definition) is 2. The third-order valence-corrected chi connectivity index (χ3v) is 6.82. The van der Waals surface area contributed by atoms with Gasteiger partial charge in [-0.15, -0.1) is 0 Å². The molecule has 0 amide bonds. The Morgan fingerprint density at radius 2 is 2.21 bits per heavy atom. The van der Waals surface area contributed by atoms with Crippen LogP contribution in [0, 0.1) is 0 Å². The number of hydrogen-bond acceptors (Lipinski definition) is 9. The molecule has 3 heterocycles. The van der Waals surface area contributed by atoms with Gasteiger partial charge in [0.15, 0.2) is 12.3 Å². The number of anilines is 2. The van der Waals surface area contributed by atoms with Crippen molar-refractivity contribution in [2.75, 3.05) is 30.3 Å². The number of halogens is 2. The molecule has 9 nitrogen and oxygen atoms in total. The second-order valence-electron chi connectivity index (χ2n) is 6.43. The molecule has 0 aliphatic carbocycles. The van der Waals surface area contributed by atoms with E-state index in [4.69, 9.17) is 53.8 Å². The van der Waals surface area contributed by atoms with Crippen LogP contribution in [0.1, 0.15) is 6.92 Å². The number of benzene rings is 1. The largest absolute Gasteiger partial charge is 0.488 e. The molecule has 3 aliphatic heterocycles. The first-order chi connectivity index (χ1) is 13.3. The van der Waals surface area contributed by atoms with Crippen molar-refractivity contribution in [2.24, 2.45) is 0 Å². The first-order valence-electron chi connectivity index (χ1n) is 8.39. The van der Waals surface area contributed by atoms with E-state index in [9.17, 15) is 9.90 Å². The van der Waals surface area contributed by atoms with Gasteiger partial charge in [0.1, 0.15) is 18.8 Å². The average Bonchev–Trinajstić information content (AvgIpc) is 3.16. The van der Waals surface area contributed by atoms with Gasteiger partial charge in [-0.1, -0.05) is 23.2 Å². The summed E-state index contributed by atoms with van der Waals surface area (Å²) in [6.45, 7) is 1.29. The number of ether oxygens (including phenoxy) is 2. The van der Waals surface area contributed by atoms with Gasteiger partial charge in [-0.2, -0.15) is 13.6 Å². The zero-order chi connectivity index (χ0) is 20.1. The van der Waals surface area contributed by atoms with Gasteiger partial charge in [0, 0.05) is 6.92 Å². The summed E-state index contributed by atoms with van der Waals surface area (Å²) in [4.78, 5) is 12.7. The highest BCUT2D eigenvalue weighted by Gasteiger charge is 2.59. The summed E-state index contributed by atoms with van der Waals surface area (Å²) in [6, 6.07) is 3.42. The lowest BCUT2D eigenvalue weighted by atomic mass is 10.1. The van der Waals surface area contributed by atoms with Crippen LogP contribution in [0.5, 0.6) is 0 Å². The fourth-order valence-corrected chi connectivity index (χ4v) is 4.94. The lowest BCUT2D eigenvalue weighted by Crippen LogP contribution is -2.45. The Kier molecular flexibility index (Phi) is 5.68. The molecular weight excluding hydrogens is 433 g/mol. The molecule has 2 fully saturated rings. The summed E-state index contributed by atoms with van der Waals surface area (Å²) in [5.74, 6) is -0.523. The van der Waals surface area contributed by atoms with Gasteiger partial charge in [0.25, 0.3) is 0 Å². The molecule has 1 aromatic carbocycles. The number of rotatable bonds is 4. The third-order valence-electron chi connectivity index (χ3n) is 4.59. The highest BCUT2D eigenvalue weighted by atomic mass is 35.5. The number of nitrogens with zero attached hydrogens (tertiary/aromatic N) is 1. The standard InChI is InChI=1S/C15H17BCl2N2O7P/c1-7(21)23-6-25-28(16)24-4-12-14(27-28)13(22)15(26-12)20-5-19-10-2-8(17)9(18)3-11(10)20/h2-3,12-15,19,22H,4-6H2,1H3/q+1/t12?,13-,14-,15+,28?/m0/s1. The Hall–Kier alpha value is -0.835. The predicted molar refractivity (Wildman–Crippen MR) is 103 cm³/mol. The zero-order valence-electron chi connectivity index (χ0n) is 14.7. The van der Waals surface area contributed by atoms with E-state index in [2.05, 4.69) is 5.32 Å². The van der Waals surface area contributed by atoms with Gasteiger partial charge in [-0.25, -0.2) is 0 Å². The molecule has 0 aromatic heterocycles. The van der Waals surface area contributed by atoms with E-state index in [1.807, 2.05) is 4.90 Å². The van der Waals surface area contributed by atoms with Crippen molar-refractivity contribution in [1.29, 1.82) is 0 Å². The summed E-state index contributed by atoms with van der Waals surface area (Å²) >= 11 is 12.2. The van der Waals surface area contributed by atoms with Crippen LogP contribution < -0.4 is 10.2 Å². The Balaban J connectivity index is 1.47. The minimum Gasteiger partial charge on any atom is -0.434 e. The van der Waals surface area contributed by atoms with Gasteiger partial charge in [0.2, 0.25) is 6.79 Å². The Morgan fingerprint density at radius 1 is 1.46 bits per heavy atom. The highest BCUT2D eigenvalue weighted by molar-refractivity contribution is 7.85. The van der Waals surface area contributed by atoms with Crippen LogP contribution in [-0.4, -0.2) is 63.2 Å². The van der Waals surface area contributed by atoms with Gasteiger partial charge in [-0.3, -0.25) is 4.79 Å². The van der Waals surface area contributed by atoms with Crippen molar-refractivity contribution in [3.8, 4) is 0 Å². The SMILES string of the molecule is [B][P+]1(OCOC(C)=O)OCC2O[C@@H](N3CNc4cc(Cl)c(Cl)cc43)[C@@H](O)[C@H]2O1. The number of aliphatic hydroxyl groups excluding tert-OH is 1. The van der Waals surface area contributed by atoms with Crippen molar-refractivity contribution >= 4 is 55.9 Å². The molecule has 0 bridgehead atoms. The fourth-order valence-electron chi connectivity index (χ4n) is 3.27. The first kappa shape index (κ1) is 20.4. The van der Waals surface area contributed by atoms with Crippen molar-refractivity contribution in [1.82, 2.24) is 0 Å². The summed E-state index contributed by atoms with van der Waals surface area (Å²) in [5, 5.41) is 14.8. The zero-order valence-corrected chi connectivity index (χ0v) is 17.1. The maximum absolute atomic E-state index is 10.9. The quantitative estimate of drug-likeness (QED) is 0.309. The van der Waals surface area contributed by atoms with E-state index < -0.39 is 45.1 Å². The molecule has 3 aliphatic rings. The van der Waals surface area contributed by atoms with Gasteiger partial charge < -0.3 is 24.8 Å². The van der Waals surface area contributed by atoms with Crippen molar-refractivity contribution < 1.29 is 32.9 Å². The Morgan fingerprint density at radius 3 is 2.96 bits per heavy atom. The monoisotopic (exact) mass is 449 g/mol. The average molecular weight is 450 g/mol. The molecule has 1 aromatic rings. The lowest BCUT2D eigenvalue weighted by molar-refractivity contribution is -0.149. The van der Waals surface area contributed by atoms with E-state index in [-0.39, 0.29) is 6.61 Å². The topological polar surface area (TPSA) is 98.7 Å². The lowest BCUT2D eigenvalue weighted by Gasteiger charge is -2.30. The Bertz CT molecular complexity index is 793. The fraction of sp³-hybridized carbons (Fsp3) is 0.533. The Labute approximate surface area is 173 Å². The molecule has 150 valence electrons. The molecule has 2 radical (unpaired) electrons. The minimum atomic E-state index is -3.26. The summed E-state index contributed by atoms with van der Waals surface area (Å²) in [5.41, 5.74) is 1.53. The molecule has 2 N–H and O–H groups in total. The minimum absolute atomic E-state index is 0.0675. The number of nitrogens with one attached hydrogen (secondary N) is 1. The molecule has 13 heteroatoms. The first-order valence-corrected chi connectivity index (χ1v) is 10.8. The van der Waals surface area contributed by atoms with Crippen LogP contribution >= 0.6 is 31.0 Å². The van der Waals surface area contributed by atoms with E-state index in [1.54, 1.807) is 12.1 Å². The second kappa shape index (κ2) is 7.77. The van der Waals surface area contributed by atoms with E-state index >= 15 is 0 Å². The summed E-state index contributed by atoms with van der Waals surface area (Å²) in [7, 11) is 2.75. The van der Waals surface area contributed by atoms with Crippen LogP contribution in [0.15, 0.2) is 12.1 Å². The van der Waals surface area contributed by atoms with Crippen LogP contribution in [0.4, 0.5) is 11.4 Å². The van der Waals surface area contributed by atoms with Gasteiger partial charge >= 0.3 is 21.4 Å². The van der Waals surface area contributed by atoms with Crippen LogP contribution in [0.25, 0.3) is 0 Å². The number of carbonyl (C=O) groups is 1. The van der Waals surface area contributed by atoms with Gasteiger partial charge in [0.05, 0.1) is 28.1 Å². The van der Waals surface area contributed by atoms with Crippen molar-refractivity contribution in [3.05, 3.63) is 22.2 Å². The smallest absolute Gasteiger partial charge is 0.434 e. The summed E-state index contributed by atoms with van der Waals surface area (Å²) < 4.78 is 27.1. The molecule has 4 rings (SSSR count). The number of carbonyl (C=O) groups excluding carboxylic acids is 1. The molecule has 2 saturated heterocycles. The summed E-state index contributed by atoms with van der Waals surface area (Å²) in [6.07, 6.45) is -3.05. The maximum Gasteiger partial charge on any atom is 0.488 e. The van der Waals surface area contributed by atoms with Gasteiger partial charge in [-0.05, 0) is 12.1 Å². The second-order valence-corrected chi connectivity index (χ2v) is 9.05. The normalized spacial score (nSPS) is 33.9. The highest BCUT2D eigenvalue weighted by Crippen LogP contribution is 2.62. The number of fused-ring (bicyclic) bond motifs is 2. The van der Waals surface area contributed by atoms with Crippen molar-refractivity contribution in [2.45, 2.75) is 31.5 Å². The molecule has 5 atom stereocenters. The number of aliphatic hydroxyl groups is 1. The predicted octanol–water partition coefficient (Wildman–Crippen LogP) is 2.07. The van der Waals surface area contributed by atoms with Crippen LogP contribution in [-0.2, 0) is 27.8 Å². The maximum atomic E-state index is 10.9. The molecule has 0 saturated carbocycles. The van der Waals surface area contributed by atoms with E-state index in [0.29, 0.717) is 16.7 Å². The van der Waals surface area contributed by atoms with E-state index in [0.717, 1.165) is 11.4 Å². The van der Waals surface area contributed by atoms with Crippen molar-refractivity contribution in [3.63, 3.8) is 0 Å². The van der Waals surface area contributed by atoms with Crippen LogP contribution in [0.3, 0.4) is 0 Å². The number of esters is 1. The third kappa shape index (κ3) is 3.80. The molecule has 0 spiro atoms. The molecule has 2 unspecified atom stereocenters. The molecule has 28 heavy (non-hydrogen) atoms. The molecular formula is C15H17BCl2N2O7P+. The van der Waals surface area contributed by atoms with Crippen LogP contribution in [0.2, 0.25) is 10.0 Å².